The first-order valence-electron chi connectivity index (χ1n) is 7.63. The van der Waals surface area contributed by atoms with Gasteiger partial charge in [-0.2, -0.15) is 0 Å². The molecule has 1 N–H and O–H groups in total. The zero-order valence-corrected chi connectivity index (χ0v) is 12.8. The monoisotopic (exact) mass is 271 g/mol. The predicted molar refractivity (Wildman–Crippen MR) is 86.2 cm³/mol. The predicted octanol–water partition coefficient (Wildman–Crippen LogP) is 4.73. The normalized spacial score (nSPS) is 13.0. The highest BCUT2D eigenvalue weighted by Crippen LogP contribution is 2.34. The molecule has 2 heteroatoms. The lowest BCUT2D eigenvalue weighted by Gasteiger charge is -2.29. The third-order valence-corrected chi connectivity index (χ3v) is 3.95. The molecule has 0 aliphatic heterocycles. The van der Waals surface area contributed by atoms with Crippen LogP contribution in [0, 0.1) is 0 Å². The van der Waals surface area contributed by atoms with Gasteiger partial charge >= 0.3 is 0 Å². The average Bonchev–Trinajstić information content (AvgIpc) is 2.47. The number of phenolic OH excluding ortho intramolecular Hbond substituents is 1. The Kier molecular flexibility index (Phi) is 5.02. The fourth-order valence-electron chi connectivity index (χ4n) is 2.88. The molecule has 2 rings (SSSR count). The highest BCUT2D eigenvalue weighted by molar-refractivity contribution is 5.89. The van der Waals surface area contributed by atoms with Crippen LogP contribution in [0.25, 0.3) is 10.8 Å². The van der Waals surface area contributed by atoms with Crippen LogP contribution in [0.2, 0.25) is 0 Å². The molecule has 0 radical (unpaired) electrons. The molecule has 2 aromatic rings. The summed E-state index contributed by atoms with van der Waals surface area (Å²) in [5, 5.41) is 12.6. The lowest BCUT2D eigenvalue weighted by Crippen LogP contribution is -2.28. The second kappa shape index (κ2) is 6.76. The number of benzene rings is 2. The van der Waals surface area contributed by atoms with Gasteiger partial charge in [0.05, 0.1) is 0 Å². The molecule has 1 unspecified atom stereocenters. The zero-order valence-electron chi connectivity index (χ0n) is 12.8. The van der Waals surface area contributed by atoms with Gasteiger partial charge in [-0.25, -0.2) is 0 Å². The molecule has 0 spiro atoms. The summed E-state index contributed by atoms with van der Waals surface area (Å²) in [5.74, 6) is 0.438. The van der Waals surface area contributed by atoms with Gasteiger partial charge in [-0.15, -0.1) is 0 Å². The van der Waals surface area contributed by atoms with Crippen LogP contribution >= 0.6 is 0 Å². The molecule has 1 atom stereocenters. The first-order chi connectivity index (χ1) is 9.69. The van der Waals surface area contributed by atoms with Crippen molar-refractivity contribution < 1.29 is 5.11 Å². The Labute approximate surface area is 122 Å². The van der Waals surface area contributed by atoms with Crippen LogP contribution in [0.15, 0.2) is 36.4 Å². The minimum Gasteiger partial charge on any atom is -0.507 e. The highest BCUT2D eigenvalue weighted by Gasteiger charge is 2.18. The van der Waals surface area contributed by atoms with Gasteiger partial charge in [0, 0.05) is 17.0 Å². The van der Waals surface area contributed by atoms with Gasteiger partial charge in [0.25, 0.3) is 0 Å². The molecule has 0 bridgehead atoms. The summed E-state index contributed by atoms with van der Waals surface area (Å²) in [5.41, 5.74) is 1.03. The van der Waals surface area contributed by atoms with Gasteiger partial charge in [-0.1, -0.05) is 50.2 Å². The number of nitrogens with zero attached hydrogens (tertiary/aromatic N) is 1. The van der Waals surface area contributed by atoms with E-state index in [-0.39, 0.29) is 6.04 Å². The summed E-state index contributed by atoms with van der Waals surface area (Å²) in [7, 11) is 0. The molecule has 0 fully saturated rings. The van der Waals surface area contributed by atoms with Crippen LogP contribution in [0.1, 0.15) is 45.2 Å². The SMILES string of the molecule is CCCN(CCC)C(C)c1ccc2ccccc2c1O. The number of fused-ring (bicyclic) bond motifs is 1. The van der Waals surface area contributed by atoms with Crippen molar-refractivity contribution >= 4 is 10.8 Å². The summed E-state index contributed by atoms with van der Waals surface area (Å²) in [6.07, 6.45) is 2.28. The Balaban J connectivity index is 2.38. The Hall–Kier alpha value is -1.54. The summed E-state index contributed by atoms with van der Waals surface area (Å²) >= 11 is 0. The maximum Gasteiger partial charge on any atom is 0.128 e. The van der Waals surface area contributed by atoms with Gasteiger partial charge in [-0.05, 0) is 38.2 Å². The lowest BCUT2D eigenvalue weighted by molar-refractivity contribution is 0.208. The third kappa shape index (κ3) is 2.96. The van der Waals surface area contributed by atoms with E-state index in [1.165, 1.54) is 0 Å². The Morgan fingerprint density at radius 2 is 1.65 bits per heavy atom. The van der Waals surface area contributed by atoms with Crippen molar-refractivity contribution in [1.82, 2.24) is 4.90 Å². The fourth-order valence-corrected chi connectivity index (χ4v) is 2.88. The Morgan fingerprint density at radius 1 is 1.00 bits per heavy atom. The number of hydrogen-bond donors (Lipinski definition) is 1. The summed E-state index contributed by atoms with van der Waals surface area (Å²) in [6.45, 7) is 8.74. The first kappa shape index (κ1) is 14.9. The summed E-state index contributed by atoms with van der Waals surface area (Å²) < 4.78 is 0. The van der Waals surface area contributed by atoms with E-state index in [1.807, 2.05) is 24.3 Å². The van der Waals surface area contributed by atoms with Crippen molar-refractivity contribution in [3.8, 4) is 5.75 Å². The molecule has 108 valence electrons. The van der Waals surface area contributed by atoms with E-state index in [9.17, 15) is 5.11 Å². The maximum atomic E-state index is 10.6. The van der Waals surface area contributed by atoms with Crippen molar-refractivity contribution in [3.05, 3.63) is 42.0 Å². The van der Waals surface area contributed by atoms with Gasteiger partial charge in [0.15, 0.2) is 0 Å². The number of hydrogen-bond acceptors (Lipinski definition) is 2. The standard InChI is InChI=1S/C18H25NO/c1-4-12-19(13-5-2)14(3)16-11-10-15-8-6-7-9-17(15)18(16)20/h6-11,14,20H,4-5,12-13H2,1-3H3. The van der Waals surface area contributed by atoms with E-state index in [0.717, 1.165) is 42.3 Å². The fraction of sp³-hybridized carbons (Fsp3) is 0.444. The van der Waals surface area contributed by atoms with E-state index in [4.69, 9.17) is 0 Å². The maximum absolute atomic E-state index is 10.6. The summed E-state index contributed by atoms with van der Waals surface area (Å²) in [4.78, 5) is 2.45. The zero-order chi connectivity index (χ0) is 14.5. The molecule has 0 saturated carbocycles. The molecule has 0 heterocycles. The second-order valence-corrected chi connectivity index (χ2v) is 5.44. The quantitative estimate of drug-likeness (QED) is 0.821. The lowest BCUT2D eigenvalue weighted by atomic mass is 10.00. The van der Waals surface area contributed by atoms with Crippen molar-refractivity contribution in [3.63, 3.8) is 0 Å². The van der Waals surface area contributed by atoms with Gasteiger partial charge in [-0.3, -0.25) is 4.90 Å². The van der Waals surface area contributed by atoms with Gasteiger partial charge < -0.3 is 5.11 Å². The average molecular weight is 271 g/mol. The van der Waals surface area contributed by atoms with Crippen LogP contribution in [-0.4, -0.2) is 23.1 Å². The molecule has 0 saturated heterocycles. The molecule has 0 aliphatic rings. The molecule has 2 aromatic carbocycles. The molecule has 2 nitrogen and oxygen atoms in total. The molecular weight excluding hydrogens is 246 g/mol. The Bertz CT molecular complexity index is 558. The van der Waals surface area contributed by atoms with E-state index >= 15 is 0 Å². The molecule has 0 aliphatic carbocycles. The Morgan fingerprint density at radius 3 is 2.30 bits per heavy atom. The van der Waals surface area contributed by atoms with Crippen molar-refractivity contribution in [2.75, 3.05) is 13.1 Å². The van der Waals surface area contributed by atoms with Crippen molar-refractivity contribution in [2.45, 2.75) is 39.7 Å². The van der Waals surface area contributed by atoms with Crippen molar-refractivity contribution in [2.24, 2.45) is 0 Å². The summed E-state index contributed by atoms with van der Waals surface area (Å²) in [6, 6.07) is 12.4. The van der Waals surface area contributed by atoms with E-state index < -0.39 is 0 Å². The van der Waals surface area contributed by atoms with Crippen LogP contribution in [-0.2, 0) is 0 Å². The van der Waals surface area contributed by atoms with Crippen LogP contribution < -0.4 is 0 Å². The van der Waals surface area contributed by atoms with Gasteiger partial charge in [0.2, 0.25) is 0 Å². The number of aromatic hydroxyl groups is 1. The second-order valence-electron chi connectivity index (χ2n) is 5.44. The van der Waals surface area contributed by atoms with E-state index in [0.29, 0.717) is 5.75 Å². The number of rotatable bonds is 6. The largest absolute Gasteiger partial charge is 0.507 e. The molecule has 0 aromatic heterocycles. The van der Waals surface area contributed by atoms with Crippen LogP contribution in [0.4, 0.5) is 0 Å². The first-order valence-corrected chi connectivity index (χ1v) is 7.63. The van der Waals surface area contributed by atoms with E-state index in [2.05, 4.69) is 37.8 Å². The molecular formula is C18H25NO. The van der Waals surface area contributed by atoms with E-state index in [1.54, 1.807) is 0 Å². The highest BCUT2D eigenvalue weighted by atomic mass is 16.3. The topological polar surface area (TPSA) is 23.5 Å². The van der Waals surface area contributed by atoms with Gasteiger partial charge in [0.1, 0.15) is 5.75 Å². The minimum absolute atomic E-state index is 0.250. The third-order valence-electron chi connectivity index (χ3n) is 3.95. The molecule has 0 amide bonds. The van der Waals surface area contributed by atoms with Crippen LogP contribution in [0.5, 0.6) is 5.75 Å². The smallest absolute Gasteiger partial charge is 0.128 e. The van der Waals surface area contributed by atoms with Crippen molar-refractivity contribution in [1.29, 1.82) is 0 Å². The van der Waals surface area contributed by atoms with Crippen LogP contribution in [0.3, 0.4) is 0 Å². The molecule has 20 heavy (non-hydrogen) atoms. The minimum atomic E-state index is 0.250. The number of phenols is 1.